The van der Waals surface area contributed by atoms with Gasteiger partial charge in [-0.1, -0.05) is 11.6 Å². The Morgan fingerprint density at radius 2 is 2.08 bits per heavy atom. The van der Waals surface area contributed by atoms with E-state index in [1.54, 1.807) is 27.7 Å². The van der Waals surface area contributed by atoms with Crippen LogP contribution in [0.5, 0.6) is 0 Å². The number of carbonyl (C=O) groups excluding carboxylic acids is 1. The van der Waals surface area contributed by atoms with Gasteiger partial charge in [0.2, 0.25) is 15.0 Å². The highest BCUT2D eigenvalue weighted by Crippen LogP contribution is 2.24. The van der Waals surface area contributed by atoms with E-state index in [4.69, 9.17) is 16.3 Å². The van der Waals surface area contributed by atoms with Crippen molar-refractivity contribution < 1.29 is 17.9 Å². The van der Waals surface area contributed by atoms with E-state index in [2.05, 4.69) is 9.97 Å². The summed E-state index contributed by atoms with van der Waals surface area (Å²) in [4.78, 5) is 21.4. The van der Waals surface area contributed by atoms with E-state index in [0.29, 0.717) is 24.9 Å². The number of piperidine rings is 1. The van der Waals surface area contributed by atoms with Gasteiger partial charge in [-0.15, -0.1) is 0 Å². The first-order valence-electron chi connectivity index (χ1n) is 7.71. The molecule has 0 bridgehead atoms. The smallest absolute Gasteiger partial charge is 0.410 e. The predicted molar refractivity (Wildman–Crippen MR) is 89.8 cm³/mol. The summed E-state index contributed by atoms with van der Waals surface area (Å²) < 4.78 is 30.8. The highest BCUT2D eigenvalue weighted by Gasteiger charge is 2.37. The molecule has 0 radical (unpaired) electrons. The molecule has 1 aliphatic heterocycles. The summed E-state index contributed by atoms with van der Waals surface area (Å²) in [6.07, 6.45) is 1.89. The molecule has 0 N–H and O–H groups in total. The standard InChI is InChI=1S/C15H22ClN3O4S/c1-10-8-17-13(18-12(10)16)24(21,22)11-6-5-7-19(9-11)14(20)23-15(2,3)4/h8,11H,5-7,9H2,1-4H3/t11-/m1/s1. The Kier molecular flexibility index (Phi) is 5.39. The van der Waals surface area contributed by atoms with Crippen LogP contribution in [0.2, 0.25) is 5.15 Å². The van der Waals surface area contributed by atoms with Gasteiger partial charge >= 0.3 is 6.09 Å². The van der Waals surface area contributed by atoms with Gasteiger partial charge in [0.15, 0.2) is 0 Å². The second-order valence-electron chi connectivity index (χ2n) is 6.86. The molecule has 7 nitrogen and oxygen atoms in total. The van der Waals surface area contributed by atoms with Crippen molar-refractivity contribution in [3.8, 4) is 0 Å². The van der Waals surface area contributed by atoms with E-state index in [0.717, 1.165) is 0 Å². The molecule has 0 aliphatic carbocycles. The normalized spacial score (nSPS) is 19.2. The Hall–Kier alpha value is -1.41. The quantitative estimate of drug-likeness (QED) is 0.583. The van der Waals surface area contributed by atoms with Gasteiger partial charge in [0, 0.05) is 24.8 Å². The molecular formula is C15H22ClN3O4S. The number of halogens is 1. The largest absolute Gasteiger partial charge is 0.444 e. The van der Waals surface area contributed by atoms with Crippen molar-refractivity contribution in [2.45, 2.75) is 56.5 Å². The summed E-state index contributed by atoms with van der Waals surface area (Å²) in [6.45, 7) is 7.54. The molecule has 1 aliphatic rings. The van der Waals surface area contributed by atoms with E-state index in [-0.39, 0.29) is 16.9 Å². The second-order valence-corrected chi connectivity index (χ2v) is 9.34. The molecule has 1 amide bonds. The van der Waals surface area contributed by atoms with Crippen LogP contribution in [0.25, 0.3) is 0 Å². The summed E-state index contributed by atoms with van der Waals surface area (Å²) in [6, 6.07) is 0. The summed E-state index contributed by atoms with van der Waals surface area (Å²) in [5.41, 5.74) is -0.0223. The first-order chi connectivity index (χ1) is 11.0. The first kappa shape index (κ1) is 18.9. The van der Waals surface area contributed by atoms with Crippen LogP contribution in [0.3, 0.4) is 0 Å². The number of ether oxygens (including phenoxy) is 1. The van der Waals surface area contributed by atoms with Gasteiger partial charge in [-0.05, 0) is 40.5 Å². The molecule has 1 aromatic rings. The van der Waals surface area contributed by atoms with Crippen molar-refractivity contribution in [2.75, 3.05) is 13.1 Å². The topological polar surface area (TPSA) is 89.5 Å². The van der Waals surface area contributed by atoms with Crippen LogP contribution in [0, 0.1) is 6.92 Å². The number of likely N-dealkylation sites (tertiary alicyclic amines) is 1. The summed E-state index contributed by atoms with van der Waals surface area (Å²) in [5, 5.41) is -0.949. The predicted octanol–water partition coefficient (Wildman–Crippen LogP) is 2.61. The highest BCUT2D eigenvalue weighted by atomic mass is 35.5. The maximum Gasteiger partial charge on any atom is 0.410 e. The minimum Gasteiger partial charge on any atom is -0.444 e. The summed E-state index contributed by atoms with van der Waals surface area (Å²) in [5.74, 6) is 0. The molecule has 0 saturated carbocycles. The fourth-order valence-electron chi connectivity index (χ4n) is 2.38. The average molecular weight is 376 g/mol. The highest BCUT2D eigenvalue weighted by molar-refractivity contribution is 7.91. The van der Waals surface area contributed by atoms with Crippen molar-refractivity contribution in [3.63, 3.8) is 0 Å². The van der Waals surface area contributed by atoms with E-state index in [1.807, 2.05) is 0 Å². The van der Waals surface area contributed by atoms with Crippen LogP contribution < -0.4 is 0 Å². The third-order valence-corrected chi connectivity index (χ3v) is 5.96. The van der Waals surface area contributed by atoms with Crippen molar-refractivity contribution in [3.05, 3.63) is 16.9 Å². The van der Waals surface area contributed by atoms with Gasteiger partial charge in [0.25, 0.3) is 0 Å². The number of hydrogen-bond donors (Lipinski definition) is 0. The lowest BCUT2D eigenvalue weighted by atomic mass is 10.1. The van der Waals surface area contributed by atoms with Gasteiger partial charge in [0.05, 0.1) is 5.25 Å². The number of sulfone groups is 1. The SMILES string of the molecule is Cc1cnc(S(=O)(=O)[C@@H]2CCCN(C(=O)OC(C)(C)C)C2)nc1Cl. The maximum atomic E-state index is 12.7. The molecule has 2 heterocycles. The van der Waals surface area contributed by atoms with E-state index < -0.39 is 26.8 Å². The number of carbonyl (C=O) groups is 1. The molecule has 9 heteroatoms. The number of hydrogen-bond acceptors (Lipinski definition) is 6. The van der Waals surface area contributed by atoms with Crippen molar-refractivity contribution in [2.24, 2.45) is 0 Å². The number of amides is 1. The van der Waals surface area contributed by atoms with Crippen LogP contribution in [0.15, 0.2) is 11.4 Å². The zero-order valence-electron chi connectivity index (χ0n) is 14.2. The molecule has 0 spiro atoms. The van der Waals surface area contributed by atoms with Gasteiger partial charge < -0.3 is 9.64 Å². The van der Waals surface area contributed by atoms with Gasteiger partial charge in [0.1, 0.15) is 10.8 Å². The Morgan fingerprint density at radius 3 is 2.67 bits per heavy atom. The lowest BCUT2D eigenvalue weighted by Crippen LogP contribution is -2.47. The monoisotopic (exact) mass is 375 g/mol. The van der Waals surface area contributed by atoms with E-state index in [1.165, 1.54) is 11.1 Å². The maximum absolute atomic E-state index is 12.7. The minimum atomic E-state index is -3.77. The Balaban J connectivity index is 2.18. The zero-order valence-corrected chi connectivity index (χ0v) is 15.8. The van der Waals surface area contributed by atoms with Gasteiger partial charge in [-0.3, -0.25) is 0 Å². The minimum absolute atomic E-state index is 0.0616. The van der Waals surface area contributed by atoms with Crippen molar-refractivity contribution in [1.82, 2.24) is 14.9 Å². The summed E-state index contributed by atoms with van der Waals surface area (Å²) >= 11 is 5.91. The van der Waals surface area contributed by atoms with Crippen molar-refractivity contribution in [1.29, 1.82) is 0 Å². The molecule has 1 atom stereocenters. The Morgan fingerprint density at radius 1 is 1.42 bits per heavy atom. The van der Waals surface area contributed by atoms with Crippen LogP contribution in [0.1, 0.15) is 39.2 Å². The van der Waals surface area contributed by atoms with Crippen LogP contribution in [0.4, 0.5) is 4.79 Å². The molecule has 24 heavy (non-hydrogen) atoms. The third-order valence-electron chi connectivity index (χ3n) is 3.61. The zero-order chi connectivity index (χ0) is 18.1. The second kappa shape index (κ2) is 6.84. The molecule has 2 rings (SSSR count). The average Bonchev–Trinajstić information content (AvgIpc) is 2.48. The molecule has 1 fully saturated rings. The molecular weight excluding hydrogens is 354 g/mol. The fourth-order valence-corrected chi connectivity index (χ4v) is 4.12. The summed E-state index contributed by atoms with van der Waals surface area (Å²) in [7, 11) is -3.77. The number of aromatic nitrogens is 2. The van der Waals surface area contributed by atoms with Crippen molar-refractivity contribution >= 4 is 27.5 Å². The van der Waals surface area contributed by atoms with Gasteiger partial charge in [-0.2, -0.15) is 0 Å². The van der Waals surface area contributed by atoms with E-state index in [9.17, 15) is 13.2 Å². The Labute approximate surface area is 147 Å². The van der Waals surface area contributed by atoms with Crippen LogP contribution in [-0.4, -0.2) is 53.3 Å². The van der Waals surface area contributed by atoms with Crippen LogP contribution >= 0.6 is 11.6 Å². The molecule has 134 valence electrons. The number of rotatable bonds is 2. The van der Waals surface area contributed by atoms with Crippen LogP contribution in [-0.2, 0) is 14.6 Å². The first-order valence-corrected chi connectivity index (χ1v) is 9.64. The van der Waals surface area contributed by atoms with E-state index >= 15 is 0 Å². The number of aryl methyl sites for hydroxylation is 1. The molecule has 1 saturated heterocycles. The third kappa shape index (κ3) is 4.36. The van der Waals surface area contributed by atoms with Gasteiger partial charge in [-0.25, -0.2) is 23.2 Å². The lowest BCUT2D eigenvalue weighted by Gasteiger charge is -2.33. The molecule has 0 aromatic carbocycles. The Bertz CT molecular complexity index is 731. The molecule has 0 unspecified atom stereocenters. The lowest BCUT2D eigenvalue weighted by molar-refractivity contribution is 0.0219. The number of nitrogens with zero attached hydrogens (tertiary/aromatic N) is 3. The fraction of sp³-hybridized carbons (Fsp3) is 0.667. The molecule has 1 aromatic heterocycles.